The summed E-state index contributed by atoms with van der Waals surface area (Å²) >= 11 is 0. The van der Waals surface area contributed by atoms with E-state index in [4.69, 9.17) is 4.74 Å². The molecule has 0 aromatic heterocycles. The minimum absolute atomic E-state index is 0. The molecule has 3 heterocycles. The van der Waals surface area contributed by atoms with Gasteiger partial charge in [0.05, 0.1) is 5.60 Å². The van der Waals surface area contributed by atoms with E-state index >= 15 is 0 Å². The van der Waals surface area contributed by atoms with Crippen LogP contribution in [-0.2, 0) is 4.74 Å². The molecule has 3 aliphatic heterocycles. The van der Waals surface area contributed by atoms with Crippen molar-refractivity contribution in [3.05, 3.63) is 30.3 Å². The van der Waals surface area contributed by atoms with Crippen LogP contribution in [0.5, 0.6) is 0 Å². The molecule has 25 heavy (non-hydrogen) atoms. The van der Waals surface area contributed by atoms with E-state index in [-0.39, 0.29) is 30.4 Å². The molecule has 3 saturated heterocycles. The minimum atomic E-state index is 0. The van der Waals surface area contributed by atoms with Gasteiger partial charge in [0.25, 0.3) is 0 Å². The van der Waals surface area contributed by atoms with Gasteiger partial charge >= 0.3 is 0 Å². The Bertz CT molecular complexity index is 497. The van der Waals surface area contributed by atoms with E-state index in [0.717, 1.165) is 38.8 Å². The maximum Gasteiger partial charge on any atom is 0.0721 e. The Labute approximate surface area is 164 Å². The molecule has 1 spiro atoms. The molecule has 1 N–H and O–H groups in total. The molecular weight excluding hydrogens is 357 g/mol. The Morgan fingerprint density at radius 2 is 1.64 bits per heavy atom. The van der Waals surface area contributed by atoms with Crippen LogP contribution in [0.2, 0.25) is 0 Å². The van der Waals surface area contributed by atoms with Crippen molar-refractivity contribution in [2.24, 2.45) is 0 Å². The van der Waals surface area contributed by atoms with Gasteiger partial charge in [-0.25, -0.2) is 0 Å². The first-order valence-electron chi connectivity index (χ1n) is 9.23. The second-order valence-corrected chi connectivity index (χ2v) is 7.29. The Morgan fingerprint density at radius 3 is 2.32 bits per heavy atom. The number of piperazine rings is 1. The van der Waals surface area contributed by atoms with Crippen LogP contribution in [0.4, 0.5) is 5.69 Å². The van der Waals surface area contributed by atoms with Crippen molar-refractivity contribution in [1.82, 2.24) is 10.2 Å². The van der Waals surface area contributed by atoms with E-state index < -0.39 is 0 Å². The minimum Gasteiger partial charge on any atom is -0.375 e. The number of nitrogens with zero attached hydrogens (tertiary/aromatic N) is 2. The van der Waals surface area contributed by atoms with E-state index in [1.54, 1.807) is 0 Å². The van der Waals surface area contributed by atoms with E-state index in [9.17, 15) is 0 Å². The van der Waals surface area contributed by atoms with Crippen molar-refractivity contribution in [2.45, 2.75) is 37.3 Å². The summed E-state index contributed by atoms with van der Waals surface area (Å²) in [4.78, 5) is 5.25. The first-order valence-corrected chi connectivity index (χ1v) is 9.23. The lowest BCUT2D eigenvalue weighted by atomic mass is 9.82. The summed E-state index contributed by atoms with van der Waals surface area (Å²) in [6, 6.07) is 11.6. The molecular formula is C19H31Cl2N3O. The number of anilines is 1. The lowest BCUT2D eigenvalue weighted by Gasteiger charge is -2.48. The number of halogens is 2. The van der Waals surface area contributed by atoms with Gasteiger partial charge in [-0.3, -0.25) is 4.90 Å². The van der Waals surface area contributed by atoms with Gasteiger partial charge in [0.1, 0.15) is 0 Å². The predicted octanol–water partition coefficient (Wildman–Crippen LogP) is 2.95. The molecule has 0 aliphatic carbocycles. The van der Waals surface area contributed by atoms with Gasteiger partial charge in [-0.05, 0) is 50.9 Å². The number of piperidine rings is 1. The third-order valence-electron chi connectivity index (χ3n) is 5.93. The fourth-order valence-corrected chi connectivity index (χ4v) is 4.53. The lowest BCUT2D eigenvalue weighted by molar-refractivity contribution is -0.121. The molecule has 1 atom stereocenters. The topological polar surface area (TPSA) is 27.7 Å². The van der Waals surface area contributed by atoms with Crippen LogP contribution in [0.1, 0.15) is 25.7 Å². The monoisotopic (exact) mass is 387 g/mol. The largest absolute Gasteiger partial charge is 0.375 e. The summed E-state index contributed by atoms with van der Waals surface area (Å²) in [7, 11) is 0. The van der Waals surface area contributed by atoms with E-state index in [1.165, 1.54) is 44.5 Å². The average Bonchev–Trinajstić information content (AvgIpc) is 2.63. The molecule has 0 amide bonds. The van der Waals surface area contributed by atoms with Crippen LogP contribution < -0.4 is 10.2 Å². The van der Waals surface area contributed by atoms with Crippen molar-refractivity contribution in [2.75, 3.05) is 50.8 Å². The first-order chi connectivity index (χ1) is 11.3. The summed E-state index contributed by atoms with van der Waals surface area (Å²) in [5.74, 6) is 0. The molecule has 1 unspecified atom stereocenters. The molecule has 4 nitrogen and oxygen atoms in total. The molecule has 3 aliphatic rings. The van der Waals surface area contributed by atoms with Gasteiger partial charge in [0.15, 0.2) is 0 Å². The molecule has 142 valence electrons. The van der Waals surface area contributed by atoms with E-state index in [2.05, 4.69) is 45.4 Å². The second-order valence-electron chi connectivity index (χ2n) is 7.29. The van der Waals surface area contributed by atoms with Gasteiger partial charge in [-0.1, -0.05) is 18.2 Å². The van der Waals surface area contributed by atoms with Crippen molar-refractivity contribution >= 4 is 30.5 Å². The van der Waals surface area contributed by atoms with Gasteiger partial charge in [-0.2, -0.15) is 0 Å². The first kappa shape index (κ1) is 20.8. The van der Waals surface area contributed by atoms with Crippen molar-refractivity contribution in [3.63, 3.8) is 0 Å². The highest BCUT2D eigenvalue weighted by Gasteiger charge is 2.40. The number of rotatable bonds is 2. The Hall–Kier alpha value is -0.520. The van der Waals surface area contributed by atoms with E-state index in [1.807, 2.05) is 0 Å². The zero-order valence-electron chi connectivity index (χ0n) is 14.9. The number of hydrogen-bond acceptors (Lipinski definition) is 4. The van der Waals surface area contributed by atoms with Gasteiger partial charge < -0.3 is 15.0 Å². The quantitative estimate of drug-likeness (QED) is 0.843. The summed E-state index contributed by atoms with van der Waals surface area (Å²) in [6.45, 7) is 7.86. The highest BCUT2D eigenvalue weighted by Crippen LogP contribution is 2.35. The van der Waals surface area contributed by atoms with Crippen LogP contribution in [0.15, 0.2) is 30.3 Å². The van der Waals surface area contributed by atoms with E-state index in [0.29, 0.717) is 0 Å². The fourth-order valence-electron chi connectivity index (χ4n) is 4.53. The number of benzene rings is 1. The normalized spacial score (nSPS) is 26.6. The fraction of sp³-hybridized carbons (Fsp3) is 0.684. The van der Waals surface area contributed by atoms with Crippen molar-refractivity contribution in [3.8, 4) is 0 Å². The smallest absolute Gasteiger partial charge is 0.0721 e. The molecule has 0 bridgehead atoms. The predicted molar refractivity (Wildman–Crippen MR) is 109 cm³/mol. The van der Waals surface area contributed by atoms with Gasteiger partial charge in [0.2, 0.25) is 0 Å². The SMILES string of the molecule is Cl.Cl.c1ccc(N2CCN(C3CCOC4(CCNCC4)C3)CC2)cc1. The molecule has 0 radical (unpaired) electrons. The molecule has 3 fully saturated rings. The molecule has 6 heteroatoms. The molecule has 4 rings (SSSR count). The van der Waals surface area contributed by atoms with Crippen molar-refractivity contribution in [1.29, 1.82) is 0 Å². The maximum atomic E-state index is 6.24. The van der Waals surface area contributed by atoms with Gasteiger partial charge in [0, 0.05) is 44.5 Å². The molecule has 0 saturated carbocycles. The third kappa shape index (κ3) is 4.81. The summed E-state index contributed by atoms with van der Waals surface area (Å²) in [5.41, 5.74) is 1.54. The zero-order valence-corrected chi connectivity index (χ0v) is 16.5. The Balaban J connectivity index is 0.00000113. The average molecular weight is 388 g/mol. The highest BCUT2D eigenvalue weighted by atomic mass is 35.5. The highest BCUT2D eigenvalue weighted by molar-refractivity contribution is 5.85. The zero-order chi connectivity index (χ0) is 15.5. The summed E-state index contributed by atoms with van der Waals surface area (Å²) in [6.07, 6.45) is 4.82. The van der Waals surface area contributed by atoms with Crippen LogP contribution in [0.25, 0.3) is 0 Å². The number of hydrogen-bond donors (Lipinski definition) is 1. The molecule has 1 aromatic carbocycles. The van der Waals surface area contributed by atoms with Crippen LogP contribution in [0, 0.1) is 0 Å². The standard InChI is InChI=1S/C19H29N3O.2ClH/c1-2-4-17(5-3-1)21-11-13-22(14-12-21)18-6-15-23-19(16-18)7-9-20-10-8-19;;/h1-5,18,20H,6-16H2;2*1H. The third-order valence-corrected chi connectivity index (χ3v) is 5.93. The summed E-state index contributed by atoms with van der Waals surface area (Å²) < 4.78 is 6.24. The van der Waals surface area contributed by atoms with Crippen molar-refractivity contribution < 1.29 is 4.74 Å². The van der Waals surface area contributed by atoms with Crippen LogP contribution in [-0.4, -0.2) is 62.4 Å². The lowest BCUT2D eigenvalue weighted by Crippen LogP contribution is -2.56. The Morgan fingerprint density at radius 1 is 0.960 bits per heavy atom. The second kappa shape index (κ2) is 9.43. The maximum absolute atomic E-state index is 6.24. The van der Waals surface area contributed by atoms with Crippen LogP contribution >= 0.6 is 24.8 Å². The Kier molecular flexibility index (Phi) is 7.84. The number of nitrogens with one attached hydrogen (secondary N) is 1. The van der Waals surface area contributed by atoms with Gasteiger partial charge in [-0.15, -0.1) is 24.8 Å². The number of ether oxygens (including phenoxy) is 1. The summed E-state index contributed by atoms with van der Waals surface area (Å²) in [5, 5.41) is 3.47. The molecule has 1 aromatic rings. The number of para-hydroxylation sites is 1. The van der Waals surface area contributed by atoms with Crippen LogP contribution in [0.3, 0.4) is 0 Å².